The molecule has 0 radical (unpaired) electrons. The summed E-state index contributed by atoms with van der Waals surface area (Å²) in [5.41, 5.74) is 5.61. The van der Waals surface area contributed by atoms with Crippen LogP contribution in [0.15, 0.2) is 0 Å². The molecule has 1 atom stereocenters. The Kier molecular flexibility index (Phi) is 3.01. The zero-order valence-corrected chi connectivity index (χ0v) is 9.67. The maximum Gasteiger partial charge on any atom is 0.230 e. The number of rotatable bonds is 3. The van der Waals surface area contributed by atoms with Gasteiger partial charge in [0.1, 0.15) is 0 Å². The predicted molar refractivity (Wildman–Crippen MR) is 60.4 cm³/mol. The molecule has 1 aliphatic heterocycles. The molecule has 0 aromatic heterocycles. The fourth-order valence-corrected chi connectivity index (χ4v) is 2.94. The van der Waals surface area contributed by atoms with Crippen LogP contribution in [0.2, 0.25) is 0 Å². The highest BCUT2D eigenvalue weighted by Crippen LogP contribution is 2.43. The zero-order chi connectivity index (χ0) is 10.9. The monoisotopic (exact) mass is 210 g/mol. The van der Waals surface area contributed by atoms with Gasteiger partial charge in [0.2, 0.25) is 5.91 Å². The first kappa shape index (κ1) is 10.9. The molecule has 0 spiro atoms. The molecular formula is C12H22N2O. The van der Waals surface area contributed by atoms with Crippen molar-refractivity contribution in [3.8, 4) is 0 Å². The smallest absolute Gasteiger partial charge is 0.230 e. The summed E-state index contributed by atoms with van der Waals surface area (Å²) >= 11 is 0. The number of amides is 1. The van der Waals surface area contributed by atoms with Crippen LogP contribution in [-0.4, -0.2) is 29.9 Å². The number of nitrogens with zero attached hydrogens (tertiary/aromatic N) is 1. The average molecular weight is 210 g/mol. The van der Waals surface area contributed by atoms with E-state index >= 15 is 0 Å². The van der Waals surface area contributed by atoms with Crippen molar-refractivity contribution in [2.45, 2.75) is 51.5 Å². The van der Waals surface area contributed by atoms with Gasteiger partial charge in [-0.1, -0.05) is 13.3 Å². The molecule has 2 N–H and O–H groups in total. The molecule has 2 aliphatic rings. The number of likely N-dealkylation sites (tertiary alicyclic amines) is 1. The van der Waals surface area contributed by atoms with E-state index in [4.69, 9.17) is 5.73 Å². The van der Waals surface area contributed by atoms with Gasteiger partial charge in [-0.05, 0) is 32.1 Å². The van der Waals surface area contributed by atoms with Crippen LogP contribution in [0.5, 0.6) is 0 Å². The van der Waals surface area contributed by atoms with E-state index in [0.717, 1.165) is 25.8 Å². The van der Waals surface area contributed by atoms with Crippen LogP contribution < -0.4 is 5.73 Å². The SMILES string of the molecule is CCC1CCCN1C(=O)C1(CN)CCC1. The lowest BCUT2D eigenvalue weighted by molar-refractivity contribution is -0.147. The molecule has 15 heavy (non-hydrogen) atoms. The minimum Gasteiger partial charge on any atom is -0.339 e. The number of carbonyl (C=O) groups excluding carboxylic acids is 1. The molecule has 1 heterocycles. The Labute approximate surface area is 92.0 Å². The van der Waals surface area contributed by atoms with Gasteiger partial charge >= 0.3 is 0 Å². The zero-order valence-electron chi connectivity index (χ0n) is 9.67. The molecule has 1 saturated carbocycles. The average Bonchev–Trinajstić information content (AvgIpc) is 2.64. The van der Waals surface area contributed by atoms with Crippen molar-refractivity contribution in [3.05, 3.63) is 0 Å². The minimum atomic E-state index is -0.169. The number of nitrogens with two attached hydrogens (primary N) is 1. The third-order valence-electron chi connectivity index (χ3n) is 4.26. The molecule has 1 aliphatic carbocycles. The third-order valence-corrected chi connectivity index (χ3v) is 4.26. The Balaban J connectivity index is 2.06. The molecule has 3 nitrogen and oxygen atoms in total. The van der Waals surface area contributed by atoms with E-state index in [1.165, 1.54) is 19.3 Å². The van der Waals surface area contributed by atoms with E-state index in [2.05, 4.69) is 11.8 Å². The normalized spacial score (nSPS) is 28.9. The second kappa shape index (κ2) is 4.12. The Morgan fingerprint density at radius 1 is 1.47 bits per heavy atom. The fraction of sp³-hybridized carbons (Fsp3) is 0.917. The van der Waals surface area contributed by atoms with Crippen LogP contribution in [0.25, 0.3) is 0 Å². The molecule has 2 fully saturated rings. The molecule has 86 valence electrons. The highest BCUT2D eigenvalue weighted by atomic mass is 16.2. The second-order valence-corrected chi connectivity index (χ2v) is 5.04. The van der Waals surface area contributed by atoms with E-state index in [0.29, 0.717) is 18.5 Å². The maximum absolute atomic E-state index is 12.4. The van der Waals surface area contributed by atoms with Gasteiger partial charge in [0.05, 0.1) is 5.41 Å². The van der Waals surface area contributed by atoms with Crippen molar-refractivity contribution < 1.29 is 4.79 Å². The van der Waals surface area contributed by atoms with Crippen molar-refractivity contribution in [1.82, 2.24) is 4.90 Å². The van der Waals surface area contributed by atoms with Gasteiger partial charge in [-0.15, -0.1) is 0 Å². The van der Waals surface area contributed by atoms with Crippen LogP contribution in [0, 0.1) is 5.41 Å². The highest BCUT2D eigenvalue weighted by molar-refractivity contribution is 5.84. The van der Waals surface area contributed by atoms with Crippen LogP contribution >= 0.6 is 0 Å². The number of carbonyl (C=O) groups is 1. The van der Waals surface area contributed by atoms with E-state index in [1.807, 2.05) is 0 Å². The Morgan fingerprint density at radius 2 is 2.20 bits per heavy atom. The molecule has 2 rings (SSSR count). The first-order valence-electron chi connectivity index (χ1n) is 6.24. The molecule has 1 unspecified atom stereocenters. The molecule has 1 saturated heterocycles. The largest absolute Gasteiger partial charge is 0.339 e. The van der Waals surface area contributed by atoms with Crippen molar-refractivity contribution in [2.75, 3.05) is 13.1 Å². The van der Waals surface area contributed by atoms with E-state index in [1.54, 1.807) is 0 Å². The van der Waals surface area contributed by atoms with Crippen molar-refractivity contribution >= 4 is 5.91 Å². The molecule has 0 aromatic carbocycles. The quantitative estimate of drug-likeness (QED) is 0.767. The molecule has 3 heteroatoms. The van der Waals surface area contributed by atoms with Crippen molar-refractivity contribution in [3.63, 3.8) is 0 Å². The predicted octanol–water partition coefficient (Wildman–Crippen LogP) is 1.52. The molecule has 0 aromatic rings. The van der Waals surface area contributed by atoms with Gasteiger partial charge in [0, 0.05) is 19.1 Å². The van der Waals surface area contributed by atoms with E-state index in [9.17, 15) is 4.79 Å². The lowest BCUT2D eigenvalue weighted by atomic mass is 9.67. The number of hydrogen-bond donors (Lipinski definition) is 1. The Morgan fingerprint density at radius 3 is 2.67 bits per heavy atom. The first-order chi connectivity index (χ1) is 7.23. The maximum atomic E-state index is 12.4. The Hall–Kier alpha value is -0.570. The van der Waals surface area contributed by atoms with Crippen LogP contribution in [0.4, 0.5) is 0 Å². The van der Waals surface area contributed by atoms with Crippen LogP contribution in [-0.2, 0) is 4.79 Å². The summed E-state index contributed by atoms with van der Waals surface area (Å²) in [5.74, 6) is 0.348. The Bertz CT molecular complexity index is 242. The van der Waals surface area contributed by atoms with Gasteiger partial charge in [0.15, 0.2) is 0 Å². The van der Waals surface area contributed by atoms with Gasteiger partial charge in [-0.3, -0.25) is 4.79 Å². The minimum absolute atomic E-state index is 0.169. The third kappa shape index (κ3) is 1.67. The summed E-state index contributed by atoms with van der Waals surface area (Å²) in [5, 5.41) is 0. The first-order valence-corrected chi connectivity index (χ1v) is 6.24. The summed E-state index contributed by atoms with van der Waals surface area (Å²) in [6.07, 6.45) is 6.64. The van der Waals surface area contributed by atoms with Gasteiger partial charge < -0.3 is 10.6 Å². The summed E-state index contributed by atoms with van der Waals surface area (Å²) in [6.45, 7) is 3.67. The lowest BCUT2D eigenvalue weighted by Crippen LogP contribution is -2.53. The summed E-state index contributed by atoms with van der Waals surface area (Å²) < 4.78 is 0. The van der Waals surface area contributed by atoms with Gasteiger partial charge in [0.25, 0.3) is 0 Å². The highest BCUT2D eigenvalue weighted by Gasteiger charge is 2.46. The number of hydrogen-bond acceptors (Lipinski definition) is 2. The second-order valence-electron chi connectivity index (χ2n) is 5.04. The van der Waals surface area contributed by atoms with Crippen molar-refractivity contribution in [2.24, 2.45) is 11.1 Å². The van der Waals surface area contributed by atoms with Crippen molar-refractivity contribution in [1.29, 1.82) is 0 Å². The van der Waals surface area contributed by atoms with E-state index < -0.39 is 0 Å². The molecular weight excluding hydrogens is 188 g/mol. The van der Waals surface area contributed by atoms with Gasteiger partial charge in [-0.25, -0.2) is 0 Å². The lowest BCUT2D eigenvalue weighted by Gasteiger charge is -2.43. The van der Waals surface area contributed by atoms with E-state index in [-0.39, 0.29) is 5.41 Å². The topological polar surface area (TPSA) is 46.3 Å². The van der Waals surface area contributed by atoms with Crippen LogP contribution in [0.3, 0.4) is 0 Å². The van der Waals surface area contributed by atoms with Crippen LogP contribution in [0.1, 0.15) is 45.4 Å². The fourth-order valence-electron chi connectivity index (χ4n) is 2.94. The summed E-state index contributed by atoms with van der Waals surface area (Å²) in [4.78, 5) is 14.5. The standard InChI is InChI=1S/C12H22N2O/c1-2-10-5-3-8-14(10)11(15)12(9-13)6-4-7-12/h10H,2-9,13H2,1H3. The molecule has 1 amide bonds. The summed E-state index contributed by atoms with van der Waals surface area (Å²) in [6, 6.07) is 0.488. The molecule has 0 bridgehead atoms. The van der Waals surface area contributed by atoms with Gasteiger partial charge in [-0.2, -0.15) is 0 Å². The summed E-state index contributed by atoms with van der Waals surface area (Å²) in [7, 11) is 0.